The molecule has 0 spiro atoms. The Bertz CT molecular complexity index is 555. The molecule has 5 heteroatoms. The predicted octanol–water partition coefficient (Wildman–Crippen LogP) is 5.64. The van der Waals surface area contributed by atoms with Gasteiger partial charge in [0.2, 0.25) is 0 Å². The molecule has 112 valence electrons. The van der Waals surface area contributed by atoms with Crippen LogP contribution in [0.3, 0.4) is 0 Å². The molecule has 2 rings (SSSR count). The fourth-order valence-electron chi connectivity index (χ4n) is 1.80. The third kappa shape index (κ3) is 4.24. The largest absolute Gasteiger partial charge is 0.360 e. The molecule has 0 aliphatic rings. The van der Waals surface area contributed by atoms with Gasteiger partial charge in [-0.25, -0.2) is 0 Å². The van der Waals surface area contributed by atoms with Gasteiger partial charge in [-0.05, 0) is 35.9 Å². The van der Waals surface area contributed by atoms with Crippen LogP contribution < -0.4 is 0 Å². The summed E-state index contributed by atoms with van der Waals surface area (Å²) in [5.41, 5.74) is 0.623. The summed E-state index contributed by atoms with van der Waals surface area (Å²) in [6.07, 6.45) is -0.970. The Labute approximate surface area is 125 Å². The fourth-order valence-corrected chi connectivity index (χ4v) is 2.64. The number of hydrogen-bond acceptors (Lipinski definition) is 1. The molecule has 0 nitrogen and oxygen atoms in total. The average molecular weight is 314 g/mol. The maximum absolute atomic E-state index is 13.8. The van der Waals surface area contributed by atoms with Crippen LogP contribution in [0.25, 0.3) is 0 Å². The Kier molecular flexibility index (Phi) is 4.93. The van der Waals surface area contributed by atoms with Crippen LogP contribution in [0.5, 0.6) is 0 Å². The van der Waals surface area contributed by atoms with Gasteiger partial charge in [0.05, 0.1) is 0 Å². The van der Waals surface area contributed by atoms with Crippen molar-refractivity contribution in [1.82, 2.24) is 0 Å². The highest BCUT2D eigenvalue weighted by Crippen LogP contribution is 2.48. The van der Waals surface area contributed by atoms with Gasteiger partial charge in [0.15, 0.2) is 0 Å². The van der Waals surface area contributed by atoms with Crippen LogP contribution in [-0.4, -0.2) is 11.2 Å². The molecular weight excluding hydrogens is 300 g/mol. The maximum atomic E-state index is 13.8. The van der Waals surface area contributed by atoms with Gasteiger partial charge in [0.1, 0.15) is 0 Å². The minimum Gasteiger partial charge on any atom is -0.199 e. The van der Waals surface area contributed by atoms with Crippen LogP contribution >= 0.6 is 11.8 Å². The lowest BCUT2D eigenvalue weighted by molar-refractivity contribution is -0.155. The minimum atomic E-state index is -4.14. The number of hydrogen-bond donors (Lipinski definition) is 0. The number of aryl methyl sites for hydroxylation is 1. The van der Waals surface area contributed by atoms with E-state index in [4.69, 9.17) is 0 Å². The van der Waals surface area contributed by atoms with E-state index in [-0.39, 0.29) is 23.1 Å². The standard InChI is InChI=1S/C16H14F4S/c17-15(18,12-11-13-7-3-1-4-8-13)16(19,20)21-14-9-5-2-6-10-14/h1-10H,11-12H2. The molecule has 2 aromatic rings. The summed E-state index contributed by atoms with van der Waals surface area (Å²) < 4.78 is 55.2. The second kappa shape index (κ2) is 6.52. The first kappa shape index (κ1) is 15.9. The van der Waals surface area contributed by atoms with Gasteiger partial charge in [0, 0.05) is 11.3 Å². The van der Waals surface area contributed by atoms with Gasteiger partial charge in [-0.2, -0.15) is 17.6 Å². The summed E-state index contributed by atoms with van der Waals surface area (Å²) in [5, 5.41) is -4.14. The highest BCUT2D eigenvalue weighted by atomic mass is 32.2. The SMILES string of the molecule is FC(F)(CCc1ccccc1)C(F)(F)Sc1ccccc1. The first-order chi connectivity index (χ1) is 9.91. The van der Waals surface area contributed by atoms with Crippen LogP contribution in [0, 0.1) is 0 Å². The quantitative estimate of drug-likeness (QED) is 0.491. The molecule has 0 aliphatic heterocycles. The molecule has 21 heavy (non-hydrogen) atoms. The van der Waals surface area contributed by atoms with Crippen molar-refractivity contribution in [3.63, 3.8) is 0 Å². The Morgan fingerprint density at radius 3 is 1.86 bits per heavy atom. The first-order valence-electron chi connectivity index (χ1n) is 6.44. The van der Waals surface area contributed by atoms with Gasteiger partial charge in [-0.15, -0.1) is 0 Å². The van der Waals surface area contributed by atoms with Crippen molar-refractivity contribution in [2.45, 2.75) is 28.9 Å². The smallest absolute Gasteiger partial charge is 0.199 e. The van der Waals surface area contributed by atoms with E-state index in [2.05, 4.69) is 0 Å². The van der Waals surface area contributed by atoms with E-state index >= 15 is 0 Å². The lowest BCUT2D eigenvalue weighted by atomic mass is 10.1. The van der Waals surface area contributed by atoms with Gasteiger partial charge in [0.25, 0.3) is 0 Å². The molecule has 0 N–H and O–H groups in total. The second-order valence-electron chi connectivity index (χ2n) is 4.62. The predicted molar refractivity (Wildman–Crippen MR) is 77.0 cm³/mol. The van der Waals surface area contributed by atoms with E-state index in [1.807, 2.05) is 0 Å². The Morgan fingerprint density at radius 1 is 0.762 bits per heavy atom. The van der Waals surface area contributed by atoms with E-state index in [1.165, 1.54) is 12.1 Å². The van der Waals surface area contributed by atoms with E-state index in [0.717, 1.165) is 0 Å². The summed E-state index contributed by atoms with van der Waals surface area (Å²) in [4.78, 5) is 0.127. The molecule has 0 saturated carbocycles. The molecule has 0 unspecified atom stereocenters. The van der Waals surface area contributed by atoms with Gasteiger partial charge in [-0.3, -0.25) is 0 Å². The zero-order chi connectivity index (χ0) is 15.3. The summed E-state index contributed by atoms with van der Waals surface area (Å²) in [5.74, 6) is -4.07. The van der Waals surface area contributed by atoms with Crippen LogP contribution in [0.1, 0.15) is 12.0 Å². The third-order valence-corrected chi connectivity index (χ3v) is 4.05. The molecular formula is C16H14F4S. The maximum Gasteiger partial charge on any atom is 0.360 e. The average Bonchev–Trinajstić information content (AvgIpc) is 2.47. The Hall–Kier alpha value is -1.49. The second-order valence-corrected chi connectivity index (χ2v) is 5.81. The summed E-state index contributed by atoms with van der Waals surface area (Å²) >= 11 is -0.0954. The van der Waals surface area contributed by atoms with Gasteiger partial charge in [-0.1, -0.05) is 48.5 Å². The van der Waals surface area contributed by atoms with Crippen molar-refractivity contribution in [2.24, 2.45) is 0 Å². The fraction of sp³-hybridized carbons (Fsp3) is 0.250. The van der Waals surface area contributed by atoms with Crippen LogP contribution in [0.2, 0.25) is 0 Å². The van der Waals surface area contributed by atoms with Crippen molar-refractivity contribution < 1.29 is 17.6 Å². The lowest BCUT2D eigenvalue weighted by Gasteiger charge is -2.26. The van der Waals surface area contributed by atoms with Crippen LogP contribution in [-0.2, 0) is 6.42 Å². The summed E-state index contributed by atoms with van der Waals surface area (Å²) in [6.45, 7) is 0. The zero-order valence-electron chi connectivity index (χ0n) is 11.1. The van der Waals surface area contributed by atoms with Crippen molar-refractivity contribution in [2.75, 3.05) is 0 Å². The van der Waals surface area contributed by atoms with Crippen molar-refractivity contribution in [3.05, 3.63) is 66.2 Å². The van der Waals surface area contributed by atoms with E-state index in [9.17, 15) is 17.6 Å². The Morgan fingerprint density at radius 2 is 1.29 bits per heavy atom. The highest BCUT2D eigenvalue weighted by Gasteiger charge is 2.56. The monoisotopic (exact) mass is 314 g/mol. The molecule has 0 bridgehead atoms. The molecule has 0 heterocycles. The van der Waals surface area contributed by atoms with E-state index in [1.54, 1.807) is 48.5 Å². The van der Waals surface area contributed by atoms with Crippen molar-refractivity contribution in [1.29, 1.82) is 0 Å². The third-order valence-electron chi connectivity index (χ3n) is 2.99. The summed E-state index contributed by atoms with van der Waals surface area (Å²) in [6, 6.07) is 16.0. The molecule has 0 saturated heterocycles. The normalized spacial score (nSPS) is 12.4. The van der Waals surface area contributed by atoms with Crippen molar-refractivity contribution in [3.8, 4) is 0 Å². The topological polar surface area (TPSA) is 0 Å². The first-order valence-corrected chi connectivity index (χ1v) is 7.26. The summed E-state index contributed by atoms with van der Waals surface area (Å²) in [7, 11) is 0. The molecule has 0 radical (unpaired) electrons. The van der Waals surface area contributed by atoms with Crippen molar-refractivity contribution >= 4 is 11.8 Å². The number of benzene rings is 2. The Balaban J connectivity index is 2.03. The molecule has 0 fully saturated rings. The number of thioether (sulfide) groups is 1. The van der Waals surface area contributed by atoms with E-state index in [0.29, 0.717) is 5.56 Å². The van der Waals surface area contributed by atoms with E-state index < -0.39 is 17.6 Å². The highest BCUT2D eigenvalue weighted by molar-refractivity contribution is 8.00. The van der Waals surface area contributed by atoms with Gasteiger partial charge >= 0.3 is 11.2 Å². The molecule has 2 aromatic carbocycles. The molecule has 0 atom stereocenters. The number of alkyl halides is 4. The number of rotatable bonds is 6. The molecule has 0 aromatic heterocycles. The molecule has 0 amide bonds. The van der Waals surface area contributed by atoms with Crippen LogP contribution in [0.15, 0.2) is 65.6 Å². The van der Waals surface area contributed by atoms with Gasteiger partial charge < -0.3 is 0 Å². The number of halogens is 4. The lowest BCUT2D eigenvalue weighted by Crippen LogP contribution is -2.37. The minimum absolute atomic E-state index is 0.0845. The van der Waals surface area contributed by atoms with Crippen LogP contribution in [0.4, 0.5) is 17.6 Å². The molecule has 0 aliphatic carbocycles. The zero-order valence-corrected chi connectivity index (χ0v) is 11.9.